The highest BCUT2D eigenvalue weighted by Gasteiger charge is 2.04. The lowest BCUT2D eigenvalue weighted by molar-refractivity contribution is -0.146. The highest BCUT2D eigenvalue weighted by molar-refractivity contribution is 6.30. The Labute approximate surface area is 98.3 Å². The van der Waals surface area contributed by atoms with E-state index in [1.54, 1.807) is 31.2 Å². The van der Waals surface area contributed by atoms with Crippen molar-refractivity contribution >= 4 is 23.3 Å². The van der Waals surface area contributed by atoms with Gasteiger partial charge in [-0.05, 0) is 31.2 Å². The molecule has 0 fully saturated rings. The van der Waals surface area contributed by atoms with E-state index in [4.69, 9.17) is 22.1 Å². The molecule has 0 aliphatic heterocycles. The summed E-state index contributed by atoms with van der Waals surface area (Å²) in [6.45, 7) is 1.44. The molecule has 1 atom stereocenters. The average molecular weight is 242 g/mol. The van der Waals surface area contributed by atoms with Crippen LogP contribution in [0.4, 0.5) is 5.69 Å². The Balaban J connectivity index is 2.53. The Kier molecular flexibility index (Phi) is 4.88. The Hall–Kier alpha value is -1.46. The molecule has 0 heterocycles. The normalized spacial score (nSPS) is 12.7. The molecule has 0 saturated heterocycles. The number of carbonyl (C=O) groups excluding carboxylic acids is 1. The van der Waals surface area contributed by atoms with E-state index in [0.717, 1.165) is 0 Å². The first-order chi connectivity index (χ1) is 7.61. The molecular formula is C10H12ClN3O2. The molecule has 1 aromatic rings. The van der Waals surface area contributed by atoms with Crippen molar-refractivity contribution in [1.29, 1.82) is 0 Å². The summed E-state index contributed by atoms with van der Waals surface area (Å²) in [4.78, 5) is 10.8. The Bertz CT molecular complexity index is 378. The number of hydrogen-bond donors (Lipinski definition) is 1. The fourth-order valence-corrected chi connectivity index (χ4v) is 1.04. The SMILES string of the molecule is CC(N=Nc1ccc(Cl)cc1)OC(=O)CN. The van der Waals surface area contributed by atoms with Crippen LogP contribution in [0.2, 0.25) is 5.02 Å². The largest absolute Gasteiger partial charge is 0.437 e. The highest BCUT2D eigenvalue weighted by Crippen LogP contribution is 2.16. The first-order valence-corrected chi connectivity index (χ1v) is 5.05. The highest BCUT2D eigenvalue weighted by atomic mass is 35.5. The first-order valence-electron chi connectivity index (χ1n) is 4.68. The van der Waals surface area contributed by atoms with Gasteiger partial charge in [-0.1, -0.05) is 11.6 Å². The van der Waals surface area contributed by atoms with Crippen molar-refractivity contribution in [2.45, 2.75) is 13.2 Å². The van der Waals surface area contributed by atoms with Crippen LogP contribution in [-0.4, -0.2) is 18.7 Å². The Morgan fingerprint density at radius 1 is 1.50 bits per heavy atom. The number of hydrogen-bond acceptors (Lipinski definition) is 5. The Morgan fingerprint density at radius 2 is 2.12 bits per heavy atom. The van der Waals surface area contributed by atoms with Crippen LogP contribution in [0.3, 0.4) is 0 Å². The molecule has 6 heteroatoms. The molecule has 1 rings (SSSR count). The standard InChI is InChI=1S/C10H12ClN3O2/c1-7(16-10(15)6-12)13-14-9-4-2-8(11)3-5-9/h2-5,7H,6,12H2,1H3. The van der Waals surface area contributed by atoms with E-state index in [2.05, 4.69) is 10.2 Å². The third-order valence-corrected chi connectivity index (χ3v) is 1.88. The van der Waals surface area contributed by atoms with Crippen molar-refractivity contribution in [3.05, 3.63) is 29.3 Å². The zero-order chi connectivity index (χ0) is 12.0. The van der Waals surface area contributed by atoms with Crippen LogP contribution in [0.1, 0.15) is 6.92 Å². The van der Waals surface area contributed by atoms with Crippen LogP contribution in [0.5, 0.6) is 0 Å². The molecule has 0 amide bonds. The molecule has 0 aliphatic rings. The Morgan fingerprint density at radius 3 is 2.69 bits per heavy atom. The van der Waals surface area contributed by atoms with E-state index >= 15 is 0 Å². The van der Waals surface area contributed by atoms with Crippen LogP contribution in [0.25, 0.3) is 0 Å². The average Bonchev–Trinajstić information content (AvgIpc) is 2.28. The van der Waals surface area contributed by atoms with Gasteiger partial charge >= 0.3 is 5.97 Å². The molecule has 0 radical (unpaired) electrons. The van der Waals surface area contributed by atoms with E-state index in [0.29, 0.717) is 10.7 Å². The minimum absolute atomic E-state index is 0.166. The lowest BCUT2D eigenvalue weighted by Gasteiger charge is -2.05. The van der Waals surface area contributed by atoms with Crippen LogP contribution in [-0.2, 0) is 9.53 Å². The van der Waals surface area contributed by atoms with E-state index in [9.17, 15) is 4.79 Å². The summed E-state index contributed by atoms with van der Waals surface area (Å²) in [5.74, 6) is -0.512. The maximum atomic E-state index is 10.8. The molecule has 0 saturated carbocycles. The second-order valence-corrected chi connectivity index (χ2v) is 3.42. The van der Waals surface area contributed by atoms with Crippen molar-refractivity contribution in [2.24, 2.45) is 16.0 Å². The van der Waals surface area contributed by atoms with Crippen molar-refractivity contribution in [3.63, 3.8) is 0 Å². The summed E-state index contributed by atoms with van der Waals surface area (Å²) in [7, 11) is 0. The van der Waals surface area contributed by atoms with Gasteiger partial charge in [0.15, 0.2) is 0 Å². The van der Waals surface area contributed by atoms with Gasteiger partial charge in [-0.15, -0.1) is 5.11 Å². The van der Waals surface area contributed by atoms with E-state index in [-0.39, 0.29) is 6.54 Å². The van der Waals surface area contributed by atoms with E-state index in [1.165, 1.54) is 0 Å². The maximum Gasteiger partial charge on any atom is 0.321 e. The number of ether oxygens (including phenoxy) is 1. The topological polar surface area (TPSA) is 77.0 Å². The molecule has 0 spiro atoms. The zero-order valence-corrected chi connectivity index (χ0v) is 9.52. The second kappa shape index (κ2) is 6.19. The van der Waals surface area contributed by atoms with Gasteiger partial charge in [-0.2, -0.15) is 5.11 Å². The number of carbonyl (C=O) groups is 1. The second-order valence-electron chi connectivity index (χ2n) is 2.99. The lowest BCUT2D eigenvalue weighted by Crippen LogP contribution is -2.20. The van der Waals surface area contributed by atoms with Crippen LogP contribution in [0, 0.1) is 0 Å². The van der Waals surface area contributed by atoms with E-state index in [1.807, 2.05) is 0 Å². The van der Waals surface area contributed by atoms with Gasteiger partial charge in [-0.25, -0.2) is 0 Å². The van der Waals surface area contributed by atoms with Gasteiger partial charge in [0, 0.05) is 5.02 Å². The molecule has 0 aromatic heterocycles. The van der Waals surface area contributed by atoms with Gasteiger partial charge in [-0.3, -0.25) is 4.79 Å². The van der Waals surface area contributed by atoms with Crippen LogP contribution in [0.15, 0.2) is 34.5 Å². The molecular weight excluding hydrogens is 230 g/mol. The zero-order valence-electron chi connectivity index (χ0n) is 8.76. The fourth-order valence-electron chi connectivity index (χ4n) is 0.918. The quantitative estimate of drug-likeness (QED) is 0.649. The molecule has 5 nitrogen and oxygen atoms in total. The van der Waals surface area contributed by atoms with Crippen molar-refractivity contribution in [3.8, 4) is 0 Å². The predicted molar refractivity (Wildman–Crippen MR) is 60.6 cm³/mol. The number of rotatable bonds is 4. The van der Waals surface area contributed by atoms with Crippen LogP contribution >= 0.6 is 11.6 Å². The number of nitrogens with zero attached hydrogens (tertiary/aromatic N) is 2. The molecule has 16 heavy (non-hydrogen) atoms. The molecule has 1 unspecified atom stereocenters. The lowest BCUT2D eigenvalue weighted by atomic mass is 10.3. The molecule has 0 aliphatic carbocycles. The number of halogens is 1. The van der Waals surface area contributed by atoms with Crippen LogP contribution < -0.4 is 5.73 Å². The van der Waals surface area contributed by atoms with Gasteiger partial charge < -0.3 is 10.5 Å². The minimum Gasteiger partial charge on any atom is -0.437 e. The summed E-state index contributed by atoms with van der Waals surface area (Å²) in [5, 5.41) is 8.30. The smallest absolute Gasteiger partial charge is 0.321 e. The van der Waals surface area contributed by atoms with Gasteiger partial charge in [0.05, 0.1) is 12.2 Å². The fraction of sp³-hybridized carbons (Fsp3) is 0.300. The van der Waals surface area contributed by atoms with Crippen molar-refractivity contribution in [1.82, 2.24) is 0 Å². The maximum absolute atomic E-state index is 10.8. The van der Waals surface area contributed by atoms with Gasteiger partial charge in [0.25, 0.3) is 0 Å². The third kappa shape index (κ3) is 4.37. The van der Waals surface area contributed by atoms with E-state index < -0.39 is 12.2 Å². The summed E-state index contributed by atoms with van der Waals surface area (Å²) in [6, 6.07) is 6.82. The number of azo groups is 1. The molecule has 2 N–H and O–H groups in total. The number of benzene rings is 1. The molecule has 1 aromatic carbocycles. The third-order valence-electron chi connectivity index (χ3n) is 1.63. The summed E-state index contributed by atoms with van der Waals surface area (Å²) >= 11 is 5.71. The van der Waals surface area contributed by atoms with Gasteiger partial charge in [0.1, 0.15) is 0 Å². The number of nitrogens with two attached hydrogens (primary N) is 1. The summed E-state index contributed by atoms with van der Waals surface area (Å²) in [6.07, 6.45) is -0.647. The monoisotopic (exact) mass is 241 g/mol. The minimum atomic E-state index is -0.647. The molecule has 0 bridgehead atoms. The first kappa shape index (κ1) is 12.6. The predicted octanol–water partition coefficient (Wildman–Crippen LogP) is 2.27. The summed E-state index contributed by atoms with van der Waals surface area (Å²) < 4.78 is 4.79. The molecule has 86 valence electrons. The van der Waals surface area contributed by atoms with Gasteiger partial charge in [0.2, 0.25) is 6.23 Å². The van der Waals surface area contributed by atoms with Crippen molar-refractivity contribution in [2.75, 3.05) is 6.54 Å². The summed E-state index contributed by atoms with van der Waals surface area (Å²) in [5.41, 5.74) is 5.72. The number of esters is 1. The van der Waals surface area contributed by atoms with Crippen molar-refractivity contribution < 1.29 is 9.53 Å².